The Hall–Kier alpha value is -0.740. The summed E-state index contributed by atoms with van der Waals surface area (Å²) in [4.78, 5) is 0. The molecule has 0 radical (unpaired) electrons. The zero-order valence-electron chi connectivity index (χ0n) is 9.15. The van der Waals surface area contributed by atoms with Crippen LogP contribution in [0.15, 0.2) is 12.2 Å². The largest absolute Gasteiger partial charge is 0.377 e. The van der Waals surface area contributed by atoms with E-state index in [0.29, 0.717) is 6.42 Å². The molecule has 0 bridgehead atoms. The van der Waals surface area contributed by atoms with Gasteiger partial charge in [-0.2, -0.15) is 0 Å². The van der Waals surface area contributed by atoms with Crippen LogP contribution in [0.2, 0.25) is 0 Å². The van der Waals surface area contributed by atoms with Crippen LogP contribution in [0.1, 0.15) is 40.5 Å². The quantitative estimate of drug-likeness (QED) is 0.521. The monoisotopic (exact) mass is 180 g/mol. The molecule has 1 unspecified atom stereocenters. The molecule has 0 heterocycles. The van der Waals surface area contributed by atoms with Gasteiger partial charge in [-0.05, 0) is 13.3 Å². The van der Waals surface area contributed by atoms with Crippen molar-refractivity contribution < 1.29 is 5.11 Å². The highest BCUT2D eigenvalue weighted by Gasteiger charge is 2.41. The van der Waals surface area contributed by atoms with Gasteiger partial charge < -0.3 is 5.11 Å². The van der Waals surface area contributed by atoms with Crippen LogP contribution >= 0.6 is 0 Å². The van der Waals surface area contributed by atoms with Crippen molar-refractivity contribution in [3.05, 3.63) is 12.2 Å². The summed E-state index contributed by atoms with van der Waals surface area (Å²) < 4.78 is 0. The van der Waals surface area contributed by atoms with E-state index in [4.69, 9.17) is 6.42 Å². The van der Waals surface area contributed by atoms with Crippen molar-refractivity contribution in [2.24, 2.45) is 5.41 Å². The van der Waals surface area contributed by atoms with Crippen LogP contribution in [0.5, 0.6) is 0 Å². The normalized spacial score (nSPS) is 16.0. The van der Waals surface area contributed by atoms with Gasteiger partial charge in [0.1, 0.15) is 5.60 Å². The first-order valence-corrected chi connectivity index (χ1v) is 4.68. The maximum Gasteiger partial charge on any atom is 0.133 e. The lowest BCUT2D eigenvalue weighted by atomic mass is 9.69. The van der Waals surface area contributed by atoms with Gasteiger partial charge in [0.2, 0.25) is 0 Å². The minimum atomic E-state index is -1.06. The predicted molar refractivity (Wildman–Crippen MR) is 57.3 cm³/mol. The van der Waals surface area contributed by atoms with E-state index in [1.807, 2.05) is 27.7 Å². The van der Waals surface area contributed by atoms with Crippen molar-refractivity contribution >= 4 is 0 Å². The lowest BCUT2D eigenvalue weighted by Gasteiger charge is -2.39. The average molecular weight is 180 g/mol. The van der Waals surface area contributed by atoms with Crippen LogP contribution in [-0.4, -0.2) is 10.7 Å². The molecule has 0 aliphatic heterocycles. The third-order valence-electron chi connectivity index (χ3n) is 2.95. The van der Waals surface area contributed by atoms with E-state index in [1.54, 1.807) is 0 Å². The second-order valence-corrected chi connectivity index (χ2v) is 4.16. The lowest BCUT2D eigenvalue weighted by molar-refractivity contribution is -0.00153. The summed E-state index contributed by atoms with van der Waals surface area (Å²) in [6.07, 6.45) is 6.86. The van der Waals surface area contributed by atoms with Crippen LogP contribution in [0.3, 0.4) is 0 Å². The van der Waals surface area contributed by atoms with Crippen molar-refractivity contribution in [1.82, 2.24) is 0 Å². The Morgan fingerprint density at radius 3 is 2.23 bits per heavy atom. The van der Waals surface area contributed by atoms with Crippen molar-refractivity contribution in [2.75, 3.05) is 0 Å². The second-order valence-electron chi connectivity index (χ2n) is 4.16. The van der Waals surface area contributed by atoms with Crippen LogP contribution < -0.4 is 0 Å². The Bertz CT molecular complexity index is 232. The third-order valence-corrected chi connectivity index (χ3v) is 2.95. The molecule has 1 N–H and O–H groups in total. The molecule has 0 aliphatic rings. The predicted octanol–water partition coefficient (Wildman–Crippen LogP) is 2.75. The summed E-state index contributed by atoms with van der Waals surface area (Å²) in [7, 11) is 0. The molecular weight excluding hydrogens is 160 g/mol. The number of hydrogen-bond acceptors (Lipinski definition) is 1. The molecule has 0 rings (SSSR count). The van der Waals surface area contributed by atoms with E-state index in [1.165, 1.54) is 0 Å². The molecule has 0 saturated carbocycles. The van der Waals surface area contributed by atoms with Crippen molar-refractivity contribution in [2.45, 2.75) is 46.1 Å². The van der Waals surface area contributed by atoms with Crippen molar-refractivity contribution in [3.8, 4) is 12.3 Å². The molecule has 0 aromatic heterocycles. The zero-order chi connectivity index (χ0) is 10.7. The molecule has 13 heavy (non-hydrogen) atoms. The summed E-state index contributed by atoms with van der Waals surface area (Å²) in [5, 5.41) is 10.2. The molecular formula is C12H20O. The van der Waals surface area contributed by atoms with Gasteiger partial charge in [-0.1, -0.05) is 45.3 Å². The number of terminal acetylenes is 1. The zero-order valence-corrected chi connectivity index (χ0v) is 9.15. The highest BCUT2D eigenvalue weighted by molar-refractivity contribution is 5.23. The molecule has 0 aromatic carbocycles. The molecule has 0 amide bonds. The Morgan fingerprint density at radius 2 is 2.00 bits per heavy atom. The van der Waals surface area contributed by atoms with Crippen molar-refractivity contribution in [3.63, 3.8) is 0 Å². The fraction of sp³-hybridized carbons (Fsp3) is 0.667. The smallest absolute Gasteiger partial charge is 0.133 e. The third kappa shape index (κ3) is 2.14. The van der Waals surface area contributed by atoms with E-state index in [0.717, 1.165) is 12.0 Å². The number of rotatable bonds is 4. The maximum atomic E-state index is 10.2. The molecule has 0 aromatic rings. The van der Waals surface area contributed by atoms with Gasteiger partial charge in [-0.25, -0.2) is 0 Å². The highest BCUT2D eigenvalue weighted by atomic mass is 16.3. The minimum Gasteiger partial charge on any atom is -0.377 e. The van der Waals surface area contributed by atoms with Crippen LogP contribution in [0.25, 0.3) is 0 Å². The van der Waals surface area contributed by atoms with Gasteiger partial charge >= 0.3 is 0 Å². The summed E-state index contributed by atoms with van der Waals surface area (Å²) in [6.45, 7) is 11.6. The fourth-order valence-electron chi connectivity index (χ4n) is 1.28. The SMILES string of the molecule is C#CC(O)(CCC)C(C)(C)C(=C)C. The van der Waals surface area contributed by atoms with Crippen LogP contribution in [-0.2, 0) is 0 Å². The molecule has 0 fully saturated rings. The molecule has 0 aliphatic carbocycles. The Kier molecular flexibility index (Phi) is 3.75. The van der Waals surface area contributed by atoms with Gasteiger partial charge in [0.25, 0.3) is 0 Å². The lowest BCUT2D eigenvalue weighted by Crippen LogP contribution is -2.43. The molecule has 0 saturated heterocycles. The Labute approximate surface area is 81.9 Å². The van der Waals surface area contributed by atoms with Gasteiger partial charge in [0.05, 0.1) is 0 Å². The first-order valence-electron chi connectivity index (χ1n) is 4.68. The topological polar surface area (TPSA) is 20.2 Å². The highest BCUT2D eigenvalue weighted by Crippen LogP contribution is 2.39. The minimum absolute atomic E-state index is 0.419. The first kappa shape index (κ1) is 12.3. The Morgan fingerprint density at radius 1 is 1.54 bits per heavy atom. The molecule has 0 spiro atoms. The van der Waals surface area contributed by atoms with Gasteiger partial charge in [0.15, 0.2) is 0 Å². The van der Waals surface area contributed by atoms with E-state index in [9.17, 15) is 5.11 Å². The van der Waals surface area contributed by atoms with E-state index < -0.39 is 11.0 Å². The molecule has 74 valence electrons. The summed E-state index contributed by atoms with van der Waals surface area (Å²) in [5.74, 6) is 2.50. The van der Waals surface area contributed by atoms with Crippen LogP contribution in [0, 0.1) is 17.8 Å². The standard InChI is InChI=1S/C12H20O/c1-7-9-12(13,8-2)11(5,6)10(3)4/h2,13H,3,7,9H2,1,4-6H3. The number of hydrogen-bond donors (Lipinski definition) is 1. The van der Waals surface area contributed by atoms with E-state index in [2.05, 4.69) is 12.5 Å². The fourth-order valence-corrected chi connectivity index (χ4v) is 1.28. The van der Waals surface area contributed by atoms with Gasteiger partial charge in [-0.15, -0.1) is 6.42 Å². The second kappa shape index (κ2) is 3.98. The summed E-state index contributed by atoms with van der Waals surface area (Å²) >= 11 is 0. The van der Waals surface area contributed by atoms with Gasteiger partial charge in [-0.3, -0.25) is 0 Å². The van der Waals surface area contributed by atoms with Gasteiger partial charge in [0, 0.05) is 5.41 Å². The maximum absolute atomic E-state index is 10.2. The average Bonchev–Trinajstić information content (AvgIpc) is 2.04. The summed E-state index contributed by atoms with van der Waals surface area (Å²) in [5.41, 5.74) is -0.563. The Balaban J connectivity index is 4.97. The van der Waals surface area contributed by atoms with Crippen LogP contribution in [0.4, 0.5) is 0 Å². The van der Waals surface area contributed by atoms with Crippen molar-refractivity contribution in [1.29, 1.82) is 0 Å². The molecule has 1 nitrogen and oxygen atoms in total. The molecule has 1 heteroatoms. The first-order chi connectivity index (χ1) is 5.81. The van der Waals surface area contributed by atoms with E-state index in [-0.39, 0.29) is 0 Å². The number of aliphatic hydroxyl groups is 1. The molecule has 1 atom stereocenters. The summed E-state index contributed by atoms with van der Waals surface area (Å²) in [6, 6.07) is 0. The van der Waals surface area contributed by atoms with E-state index >= 15 is 0 Å².